The lowest BCUT2D eigenvalue weighted by molar-refractivity contribution is -0.212. The van der Waals surface area contributed by atoms with Crippen molar-refractivity contribution in [3.05, 3.63) is 35.4 Å². The average Bonchev–Trinajstić information content (AvgIpc) is 2.30. The van der Waals surface area contributed by atoms with Crippen LogP contribution < -0.4 is 0 Å². The van der Waals surface area contributed by atoms with Gasteiger partial charge in [0, 0.05) is 5.56 Å². The molecule has 1 aliphatic heterocycles. The molecule has 1 fully saturated rings. The molecule has 0 saturated carbocycles. The summed E-state index contributed by atoms with van der Waals surface area (Å²) in [4.78, 5) is 0. The molecule has 1 saturated heterocycles. The third-order valence-corrected chi connectivity index (χ3v) is 2.94. The number of aryl methyl sites for hydroxylation is 1. The van der Waals surface area contributed by atoms with Gasteiger partial charge in [-0.2, -0.15) is 0 Å². The molecular formula is C14H20O2. The highest BCUT2D eigenvalue weighted by Gasteiger charge is 2.20. The summed E-state index contributed by atoms with van der Waals surface area (Å²) in [6.07, 6.45) is 3.45. The molecule has 2 rings (SSSR count). The summed E-state index contributed by atoms with van der Waals surface area (Å²) in [7, 11) is 0. The average molecular weight is 220 g/mol. The molecule has 0 radical (unpaired) electrons. The van der Waals surface area contributed by atoms with Gasteiger partial charge in [-0.3, -0.25) is 0 Å². The summed E-state index contributed by atoms with van der Waals surface area (Å²) < 4.78 is 11.4. The molecule has 0 bridgehead atoms. The second-order valence-corrected chi connectivity index (χ2v) is 4.43. The van der Waals surface area contributed by atoms with E-state index in [2.05, 4.69) is 38.1 Å². The first-order chi connectivity index (χ1) is 7.79. The summed E-state index contributed by atoms with van der Waals surface area (Å²) in [6, 6.07) is 8.58. The first kappa shape index (κ1) is 11.6. The van der Waals surface area contributed by atoms with Gasteiger partial charge in [0.05, 0.1) is 12.7 Å². The van der Waals surface area contributed by atoms with Gasteiger partial charge in [-0.15, -0.1) is 0 Å². The van der Waals surface area contributed by atoms with E-state index in [1.165, 1.54) is 12.0 Å². The van der Waals surface area contributed by atoms with Crippen molar-refractivity contribution in [1.82, 2.24) is 0 Å². The van der Waals surface area contributed by atoms with Crippen LogP contribution in [0.15, 0.2) is 24.3 Å². The molecule has 1 aromatic rings. The highest BCUT2D eigenvalue weighted by Crippen LogP contribution is 2.26. The van der Waals surface area contributed by atoms with E-state index in [1.807, 2.05) is 0 Å². The number of benzene rings is 1. The molecule has 2 unspecified atom stereocenters. The van der Waals surface area contributed by atoms with Gasteiger partial charge in [0.15, 0.2) is 6.29 Å². The summed E-state index contributed by atoms with van der Waals surface area (Å²) in [6.45, 7) is 5.09. The Labute approximate surface area is 97.6 Å². The first-order valence-corrected chi connectivity index (χ1v) is 6.15. The van der Waals surface area contributed by atoms with E-state index in [0.717, 1.165) is 25.0 Å². The fourth-order valence-electron chi connectivity index (χ4n) is 1.96. The maximum Gasteiger partial charge on any atom is 0.184 e. The van der Waals surface area contributed by atoms with Crippen molar-refractivity contribution in [2.45, 2.75) is 45.5 Å². The van der Waals surface area contributed by atoms with E-state index in [-0.39, 0.29) is 6.29 Å². The van der Waals surface area contributed by atoms with Crippen LogP contribution in [-0.2, 0) is 15.9 Å². The topological polar surface area (TPSA) is 18.5 Å². The van der Waals surface area contributed by atoms with Gasteiger partial charge in [0.25, 0.3) is 0 Å². The maximum absolute atomic E-state index is 5.75. The van der Waals surface area contributed by atoms with Crippen LogP contribution in [-0.4, -0.2) is 12.7 Å². The summed E-state index contributed by atoms with van der Waals surface area (Å²) >= 11 is 0. The summed E-state index contributed by atoms with van der Waals surface area (Å²) in [5, 5.41) is 0. The molecule has 0 aromatic heterocycles. The van der Waals surface area contributed by atoms with Crippen molar-refractivity contribution >= 4 is 0 Å². The molecule has 2 atom stereocenters. The Hall–Kier alpha value is -0.860. The van der Waals surface area contributed by atoms with E-state index in [0.29, 0.717) is 6.10 Å². The monoisotopic (exact) mass is 220 g/mol. The van der Waals surface area contributed by atoms with Gasteiger partial charge in [-0.25, -0.2) is 0 Å². The van der Waals surface area contributed by atoms with Gasteiger partial charge in [0.2, 0.25) is 0 Å². The van der Waals surface area contributed by atoms with Crippen LogP contribution in [0.25, 0.3) is 0 Å². The van der Waals surface area contributed by atoms with E-state index in [9.17, 15) is 0 Å². The van der Waals surface area contributed by atoms with Gasteiger partial charge >= 0.3 is 0 Å². The highest BCUT2D eigenvalue weighted by atomic mass is 16.7. The fraction of sp³-hybridized carbons (Fsp3) is 0.571. The molecule has 88 valence electrons. The first-order valence-electron chi connectivity index (χ1n) is 6.15. The molecule has 2 heteroatoms. The predicted molar refractivity (Wildman–Crippen MR) is 64.3 cm³/mol. The van der Waals surface area contributed by atoms with Gasteiger partial charge in [-0.1, -0.05) is 37.6 Å². The molecule has 16 heavy (non-hydrogen) atoms. The zero-order chi connectivity index (χ0) is 11.4. The lowest BCUT2D eigenvalue weighted by Crippen LogP contribution is -2.24. The number of hydrogen-bond donors (Lipinski definition) is 0. The number of rotatable bonds is 3. The van der Waals surface area contributed by atoms with E-state index in [4.69, 9.17) is 9.47 Å². The Morgan fingerprint density at radius 3 is 2.62 bits per heavy atom. The Bertz CT molecular complexity index is 318. The van der Waals surface area contributed by atoms with Gasteiger partial charge in [0.1, 0.15) is 0 Å². The van der Waals surface area contributed by atoms with E-state index < -0.39 is 0 Å². The molecule has 1 heterocycles. The van der Waals surface area contributed by atoms with Gasteiger partial charge in [-0.05, 0) is 25.3 Å². The third-order valence-electron chi connectivity index (χ3n) is 2.94. The molecular weight excluding hydrogens is 200 g/mol. The Kier molecular flexibility index (Phi) is 3.97. The number of ether oxygens (including phenoxy) is 2. The van der Waals surface area contributed by atoms with Crippen molar-refractivity contribution in [2.24, 2.45) is 0 Å². The van der Waals surface area contributed by atoms with Crippen molar-refractivity contribution < 1.29 is 9.47 Å². The fourth-order valence-corrected chi connectivity index (χ4v) is 1.96. The third kappa shape index (κ3) is 2.83. The standard InChI is InChI=1S/C14H20O2/c1-3-4-12-5-7-13(8-6-12)14-15-10-9-11(2)16-14/h5-8,11,14H,3-4,9-10H2,1-2H3. The Morgan fingerprint density at radius 1 is 1.25 bits per heavy atom. The minimum atomic E-state index is -0.167. The van der Waals surface area contributed by atoms with Crippen LogP contribution >= 0.6 is 0 Å². The number of hydrogen-bond acceptors (Lipinski definition) is 2. The van der Waals surface area contributed by atoms with Crippen molar-refractivity contribution in [3.8, 4) is 0 Å². The lowest BCUT2D eigenvalue weighted by atomic mass is 10.1. The zero-order valence-corrected chi connectivity index (χ0v) is 10.1. The maximum atomic E-state index is 5.75. The molecule has 0 amide bonds. The van der Waals surface area contributed by atoms with Crippen LogP contribution in [0.2, 0.25) is 0 Å². The van der Waals surface area contributed by atoms with Gasteiger partial charge < -0.3 is 9.47 Å². The molecule has 0 spiro atoms. The summed E-state index contributed by atoms with van der Waals surface area (Å²) in [5.41, 5.74) is 2.52. The second-order valence-electron chi connectivity index (χ2n) is 4.43. The Morgan fingerprint density at radius 2 is 2.00 bits per heavy atom. The molecule has 0 N–H and O–H groups in total. The van der Waals surface area contributed by atoms with Crippen LogP contribution in [0.4, 0.5) is 0 Å². The van der Waals surface area contributed by atoms with E-state index in [1.54, 1.807) is 0 Å². The van der Waals surface area contributed by atoms with Crippen LogP contribution in [0.5, 0.6) is 0 Å². The Balaban J connectivity index is 2.03. The van der Waals surface area contributed by atoms with Crippen LogP contribution in [0.1, 0.15) is 44.1 Å². The zero-order valence-electron chi connectivity index (χ0n) is 10.1. The van der Waals surface area contributed by atoms with Crippen molar-refractivity contribution in [1.29, 1.82) is 0 Å². The normalized spacial score (nSPS) is 25.6. The van der Waals surface area contributed by atoms with Crippen LogP contribution in [0, 0.1) is 0 Å². The molecule has 0 aliphatic carbocycles. The minimum Gasteiger partial charge on any atom is -0.348 e. The smallest absolute Gasteiger partial charge is 0.184 e. The summed E-state index contributed by atoms with van der Waals surface area (Å²) in [5.74, 6) is 0. The molecule has 1 aromatic carbocycles. The highest BCUT2D eigenvalue weighted by molar-refractivity contribution is 5.23. The quantitative estimate of drug-likeness (QED) is 0.776. The van der Waals surface area contributed by atoms with E-state index >= 15 is 0 Å². The van der Waals surface area contributed by atoms with Crippen LogP contribution in [0.3, 0.4) is 0 Å². The molecule has 2 nitrogen and oxygen atoms in total. The SMILES string of the molecule is CCCc1ccc(C2OCCC(C)O2)cc1. The largest absolute Gasteiger partial charge is 0.348 e. The second kappa shape index (κ2) is 5.46. The lowest BCUT2D eigenvalue weighted by Gasteiger charge is -2.28. The van der Waals surface area contributed by atoms with Crippen molar-refractivity contribution in [3.63, 3.8) is 0 Å². The molecule has 1 aliphatic rings. The minimum absolute atomic E-state index is 0.167. The van der Waals surface area contributed by atoms with Crippen molar-refractivity contribution in [2.75, 3.05) is 6.61 Å². The predicted octanol–water partition coefficient (Wildman–Crippen LogP) is 3.46.